The number of nitrogens with zero attached hydrogens (tertiary/aromatic N) is 2. The van der Waals surface area contributed by atoms with Crippen LogP contribution in [0.3, 0.4) is 0 Å². The summed E-state index contributed by atoms with van der Waals surface area (Å²) in [7, 11) is 0. The first kappa shape index (κ1) is 21.5. The molecule has 0 N–H and O–H groups in total. The fourth-order valence-corrected chi connectivity index (χ4v) is 3.12. The Kier molecular flexibility index (Phi) is 7.95. The van der Waals surface area contributed by atoms with Gasteiger partial charge in [-0.15, -0.1) is 0 Å². The lowest BCUT2D eigenvalue weighted by molar-refractivity contribution is 0.0727. The van der Waals surface area contributed by atoms with Crippen molar-refractivity contribution in [3.05, 3.63) is 72.1 Å². The lowest BCUT2D eigenvalue weighted by atomic mass is 10.0. The van der Waals surface area contributed by atoms with Gasteiger partial charge in [0, 0.05) is 5.56 Å². The normalized spacial score (nSPS) is 10.6. The van der Waals surface area contributed by atoms with Gasteiger partial charge in [0.05, 0.1) is 30.3 Å². The highest BCUT2D eigenvalue weighted by atomic mass is 16.5. The molecule has 156 valence electrons. The molecule has 0 fully saturated rings. The summed E-state index contributed by atoms with van der Waals surface area (Å²) in [5.74, 6) is 0.405. The highest BCUT2D eigenvalue weighted by Gasteiger charge is 2.10. The van der Waals surface area contributed by atoms with Crippen molar-refractivity contribution in [3.63, 3.8) is 0 Å². The number of ether oxygens (including phenoxy) is 2. The zero-order chi connectivity index (χ0) is 21.2. The van der Waals surface area contributed by atoms with E-state index in [0.717, 1.165) is 17.7 Å². The van der Waals surface area contributed by atoms with Crippen LogP contribution in [0.5, 0.6) is 11.6 Å². The third kappa shape index (κ3) is 6.14. The second-order valence-electron chi connectivity index (χ2n) is 7.09. The zero-order valence-corrected chi connectivity index (χ0v) is 17.6. The summed E-state index contributed by atoms with van der Waals surface area (Å²) in [6, 6.07) is 15.2. The molecule has 0 spiro atoms. The molecular formula is C25H28N2O3. The van der Waals surface area contributed by atoms with E-state index in [9.17, 15) is 4.79 Å². The van der Waals surface area contributed by atoms with Crippen LogP contribution in [0, 0.1) is 0 Å². The first-order chi connectivity index (χ1) is 14.7. The van der Waals surface area contributed by atoms with Gasteiger partial charge >= 0.3 is 5.97 Å². The van der Waals surface area contributed by atoms with E-state index in [-0.39, 0.29) is 5.88 Å². The van der Waals surface area contributed by atoms with E-state index >= 15 is 0 Å². The molecule has 30 heavy (non-hydrogen) atoms. The molecule has 0 saturated heterocycles. The van der Waals surface area contributed by atoms with Gasteiger partial charge in [-0.3, -0.25) is 0 Å². The van der Waals surface area contributed by atoms with Gasteiger partial charge in [-0.25, -0.2) is 14.8 Å². The van der Waals surface area contributed by atoms with E-state index in [2.05, 4.69) is 41.2 Å². The van der Waals surface area contributed by atoms with Crippen molar-refractivity contribution in [3.8, 4) is 22.9 Å². The summed E-state index contributed by atoms with van der Waals surface area (Å²) in [5.41, 5.74) is 3.50. The Morgan fingerprint density at radius 2 is 1.63 bits per heavy atom. The Morgan fingerprint density at radius 1 is 0.867 bits per heavy atom. The molecule has 2 aromatic carbocycles. The fourth-order valence-electron chi connectivity index (χ4n) is 3.12. The number of carbonyl (C=O) groups is 1. The van der Waals surface area contributed by atoms with Gasteiger partial charge in [-0.05, 0) is 49.6 Å². The van der Waals surface area contributed by atoms with Crippen LogP contribution in [0.4, 0.5) is 0 Å². The van der Waals surface area contributed by atoms with Crippen LogP contribution in [0.25, 0.3) is 11.3 Å². The van der Waals surface area contributed by atoms with Crippen LogP contribution in [0.2, 0.25) is 0 Å². The predicted molar refractivity (Wildman–Crippen MR) is 118 cm³/mol. The van der Waals surface area contributed by atoms with Crippen LogP contribution >= 0.6 is 0 Å². The molecule has 5 heteroatoms. The van der Waals surface area contributed by atoms with E-state index in [1.54, 1.807) is 30.5 Å². The van der Waals surface area contributed by atoms with Crippen molar-refractivity contribution in [2.24, 2.45) is 0 Å². The minimum absolute atomic E-state index is 0.171. The maximum atomic E-state index is 12.3. The lowest BCUT2D eigenvalue weighted by Gasteiger charge is -2.07. The molecule has 0 aliphatic rings. The second-order valence-corrected chi connectivity index (χ2v) is 7.09. The topological polar surface area (TPSA) is 61.3 Å². The molecule has 0 radical (unpaired) electrons. The Labute approximate surface area is 178 Å². The van der Waals surface area contributed by atoms with Crippen molar-refractivity contribution < 1.29 is 14.3 Å². The maximum absolute atomic E-state index is 12.3. The molecule has 3 aromatic rings. The number of carbonyl (C=O) groups excluding carboxylic acids is 1. The van der Waals surface area contributed by atoms with E-state index in [4.69, 9.17) is 9.47 Å². The van der Waals surface area contributed by atoms with Gasteiger partial charge < -0.3 is 9.47 Å². The maximum Gasteiger partial charge on any atom is 0.344 e. The standard InChI is InChI=1S/C25H28N2O3/c1-3-5-6-7-8-19-9-11-20(12-10-19)23-17-27-24(18-26-23)30-25(28)21-13-15-22(16-14-21)29-4-2/h9-18H,3-8H2,1-2H3. The minimum atomic E-state index is -0.479. The first-order valence-corrected chi connectivity index (χ1v) is 10.6. The number of unbranched alkanes of at least 4 members (excludes halogenated alkanes) is 3. The average Bonchev–Trinajstić information content (AvgIpc) is 2.78. The summed E-state index contributed by atoms with van der Waals surface area (Å²) in [5, 5.41) is 0. The molecule has 0 amide bonds. The number of hydrogen-bond acceptors (Lipinski definition) is 5. The number of hydrogen-bond donors (Lipinski definition) is 0. The van der Waals surface area contributed by atoms with Gasteiger partial charge in [-0.1, -0.05) is 50.5 Å². The third-order valence-electron chi connectivity index (χ3n) is 4.80. The third-order valence-corrected chi connectivity index (χ3v) is 4.80. The molecule has 0 saturated carbocycles. The molecule has 1 heterocycles. The van der Waals surface area contributed by atoms with Crippen molar-refractivity contribution in [2.75, 3.05) is 6.61 Å². The van der Waals surface area contributed by atoms with E-state index in [1.165, 1.54) is 37.4 Å². The molecule has 0 bridgehead atoms. The molecule has 0 unspecified atom stereocenters. The molecule has 0 aliphatic carbocycles. The van der Waals surface area contributed by atoms with Crippen LogP contribution < -0.4 is 9.47 Å². The van der Waals surface area contributed by atoms with Gasteiger partial charge in [-0.2, -0.15) is 0 Å². The molecule has 0 aliphatic heterocycles. The second kappa shape index (κ2) is 11.1. The number of aromatic nitrogens is 2. The monoisotopic (exact) mass is 404 g/mol. The molecular weight excluding hydrogens is 376 g/mol. The average molecular weight is 405 g/mol. The van der Waals surface area contributed by atoms with E-state index in [1.807, 2.05) is 6.92 Å². The van der Waals surface area contributed by atoms with E-state index < -0.39 is 5.97 Å². The Morgan fingerprint density at radius 3 is 2.27 bits per heavy atom. The Bertz CT molecular complexity index is 920. The molecule has 0 atom stereocenters. The van der Waals surface area contributed by atoms with Crippen molar-refractivity contribution in [1.29, 1.82) is 0 Å². The van der Waals surface area contributed by atoms with Crippen molar-refractivity contribution in [2.45, 2.75) is 46.0 Å². The summed E-state index contributed by atoms with van der Waals surface area (Å²) in [4.78, 5) is 20.9. The molecule has 5 nitrogen and oxygen atoms in total. The number of rotatable bonds is 10. The SMILES string of the molecule is CCCCCCc1ccc(-c2cnc(OC(=O)c3ccc(OCC)cc3)cn2)cc1. The smallest absolute Gasteiger partial charge is 0.344 e. The van der Waals surface area contributed by atoms with E-state index in [0.29, 0.717) is 17.9 Å². The highest BCUT2D eigenvalue weighted by molar-refractivity contribution is 5.90. The fraction of sp³-hybridized carbons (Fsp3) is 0.320. The van der Waals surface area contributed by atoms with Gasteiger partial charge in [0.1, 0.15) is 5.75 Å². The summed E-state index contributed by atoms with van der Waals surface area (Å²) in [6.07, 6.45) is 9.25. The minimum Gasteiger partial charge on any atom is -0.494 e. The molecule has 1 aromatic heterocycles. The summed E-state index contributed by atoms with van der Waals surface area (Å²) < 4.78 is 10.7. The summed E-state index contributed by atoms with van der Waals surface area (Å²) in [6.45, 7) is 4.71. The number of esters is 1. The number of benzene rings is 2. The number of aryl methyl sites for hydroxylation is 1. The Hall–Kier alpha value is -3.21. The highest BCUT2D eigenvalue weighted by Crippen LogP contribution is 2.20. The van der Waals surface area contributed by atoms with Crippen LogP contribution in [-0.4, -0.2) is 22.5 Å². The van der Waals surface area contributed by atoms with Crippen LogP contribution in [0.1, 0.15) is 55.5 Å². The zero-order valence-electron chi connectivity index (χ0n) is 17.6. The first-order valence-electron chi connectivity index (χ1n) is 10.6. The van der Waals surface area contributed by atoms with Gasteiger partial charge in [0.2, 0.25) is 5.88 Å². The molecule has 3 rings (SSSR count). The van der Waals surface area contributed by atoms with Crippen molar-refractivity contribution in [1.82, 2.24) is 9.97 Å². The Balaban J connectivity index is 1.57. The van der Waals surface area contributed by atoms with Crippen LogP contribution in [-0.2, 0) is 6.42 Å². The lowest BCUT2D eigenvalue weighted by Crippen LogP contribution is -2.09. The summed E-state index contributed by atoms with van der Waals surface area (Å²) >= 11 is 0. The quantitative estimate of drug-likeness (QED) is 0.312. The largest absolute Gasteiger partial charge is 0.494 e. The van der Waals surface area contributed by atoms with Gasteiger partial charge in [0.15, 0.2) is 0 Å². The van der Waals surface area contributed by atoms with Gasteiger partial charge in [0.25, 0.3) is 0 Å². The van der Waals surface area contributed by atoms with Crippen LogP contribution in [0.15, 0.2) is 60.9 Å². The predicted octanol–water partition coefficient (Wildman–Crippen LogP) is 5.88. The van der Waals surface area contributed by atoms with Crippen molar-refractivity contribution >= 4 is 5.97 Å².